The molecular formula is C23H29Cl2N3O5. The fourth-order valence-corrected chi connectivity index (χ4v) is 4.66. The van der Waals surface area contributed by atoms with Crippen LogP contribution in [-0.2, 0) is 19.1 Å². The minimum atomic E-state index is -0.820. The molecule has 180 valence electrons. The standard InChI is InChI=1S/C23H29Cl2N3O5/c1-4-32-21(29)14-8-7-11-28(12-14)13-17-18(22(30)33-5-2)20(26-23(31)27(17)3)15-9-6-10-16(24)19(15)25/h6,9-10,14,20H,4-5,7-8,11-13H2,1-3H3,(H,26,31). The smallest absolute Gasteiger partial charge is 0.338 e. The van der Waals surface area contributed by atoms with Gasteiger partial charge in [-0.3, -0.25) is 14.6 Å². The van der Waals surface area contributed by atoms with Gasteiger partial charge >= 0.3 is 18.0 Å². The van der Waals surface area contributed by atoms with Crippen molar-refractivity contribution < 1.29 is 23.9 Å². The average Bonchev–Trinajstić information content (AvgIpc) is 2.79. The van der Waals surface area contributed by atoms with Crippen LogP contribution in [0.4, 0.5) is 4.79 Å². The third-order valence-corrected chi connectivity index (χ3v) is 6.70. The van der Waals surface area contributed by atoms with E-state index in [9.17, 15) is 14.4 Å². The van der Waals surface area contributed by atoms with Crippen molar-refractivity contribution in [2.75, 3.05) is 39.9 Å². The molecule has 2 unspecified atom stereocenters. The number of urea groups is 1. The molecule has 33 heavy (non-hydrogen) atoms. The molecule has 1 aromatic carbocycles. The number of likely N-dealkylation sites (tertiary alicyclic amines) is 1. The van der Waals surface area contributed by atoms with Gasteiger partial charge in [0.1, 0.15) is 0 Å². The van der Waals surface area contributed by atoms with Gasteiger partial charge in [0.2, 0.25) is 0 Å². The van der Waals surface area contributed by atoms with Crippen LogP contribution >= 0.6 is 23.2 Å². The van der Waals surface area contributed by atoms with E-state index >= 15 is 0 Å². The fraction of sp³-hybridized carbons (Fsp3) is 0.522. The maximum absolute atomic E-state index is 13.1. The maximum Gasteiger partial charge on any atom is 0.338 e. The first-order chi connectivity index (χ1) is 15.8. The van der Waals surface area contributed by atoms with E-state index in [4.69, 9.17) is 32.7 Å². The van der Waals surface area contributed by atoms with Gasteiger partial charge in [-0.15, -0.1) is 0 Å². The van der Waals surface area contributed by atoms with E-state index in [1.165, 1.54) is 4.90 Å². The summed E-state index contributed by atoms with van der Waals surface area (Å²) in [5, 5.41) is 3.42. The van der Waals surface area contributed by atoms with E-state index in [-0.39, 0.29) is 29.5 Å². The maximum atomic E-state index is 13.1. The van der Waals surface area contributed by atoms with Crippen molar-refractivity contribution in [1.82, 2.24) is 15.1 Å². The fourth-order valence-electron chi connectivity index (χ4n) is 4.24. The summed E-state index contributed by atoms with van der Waals surface area (Å²) in [6.07, 6.45) is 1.56. The summed E-state index contributed by atoms with van der Waals surface area (Å²) in [7, 11) is 1.60. The number of hydrogen-bond acceptors (Lipinski definition) is 6. The Morgan fingerprint density at radius 3 is 2.61 bits per heavy atom. The second-order valence-corrected chi connectivity index (χ2v) is 8.78. The molecule has 2 amide bonds. The molecule has 2 atom stereocenters. The number of nitrogens with one attached hydrogen (secondary N) is 1. The normalized spacial score (nSPS) is 21.6. The Labute approximate surface area is 203 Å². The summed E-state index contributed by atoms with van der Waals surface area (Å²) < 4.78 is 10.5. The van der Waals surface area contributed by atoms with E-state index in [1.807, 2.05) is 0 Å². The first kappa shape index (κ1) is 25.3. The molecule has 0 aromatic heterocycles. The predicted octanol–water partition coefficient (Wildman–Crippen LogP) is 3.78. The third-order valence-electron chi connectivity index (χ3n) is 5.86. The zero-order chi connectivity index (χ0) is 24.1. The highest BCUT2D eigenvalue weighted by molar-refractivity contribution is 6.42. The van der Waals surface area contributed by atoms with Gasteiger partial charge in [-0.1, -0.05) is 35.3 Å². The summed E-state index contributed by atoms with van der Waals surface area (Å²) >= 11 is 12.7. The molecule has 2 aliphatic heterocycles. The van der Waals surface area contributed by atoms with Crippen LogP contribution in [0.1, 0.15) is 38.3 Å². The van der Waals surface area contributed by atoms with E-state index in [0.717, 1.165) is 19.4 Å². The van der Waals surface area contributed by atoms with Crippen LogP contribution in [0.3, 0.4) is 0 Å². The van der Waals surface area contributed by atoms with Gasteiger partial charge in [-0.25, -0.2) is 9.59 Å². The number of ether oxygens (including phenoxy) is 2. The summed E-state index contributed by atoms with van der Waals surface area (Å²) in [5.74, 6) is -1.01. The molecular weight excluding hydrogens is 469 g/mol. The number of amides is 2. The molecule has 0 bridgehead atoms. The van der Waals surface area contributed by atoms with Gasteiger partial charge in [0.05, 0.1) is 40.8 Å². The number of carbonyl (C=O) groups excluding carboxylic acids is 3. The van der Waals surface area contributed by atoms with E-state index in [1.54, 1.807) is 39.1 Å². The number of esters is 2. The van der Waals surface area contributed by atoms with Crippen LogP contribution in [0.25, 0.3) is 0 Å². The molecule has 3 rings (SSSR count). The Kier molecular flexibility index (Phi) is 8.62. The van der Waals surface area contributed by atoms with Crippen molar-refractivity contribution in [3.05, 3.63) is 45.1 Å². The summed E-state index contributed by atoms with van der Waals surface area (Å²) in [4.78, 5) is 41.7. The highest BCUT2D eigenvalue weighted by Crippen LogP contribution is 2.37. The van der Waals surface area contributed by atoms with Crippen LogP contribution in [0.2, 0.25) is 10.0 Å². The monoisotopic (exact) mass is 497 g/mol. The van der Waals surface area contributed by atoms with Crippen LogP contribution < -0.4 is 5.32 Å². The molecule has 2 aliphatic rings. The van der Waals surface area contributed by atoms with Gasteiger partial charge in [0.15, 0.2) is 0 Å². The number of carbonyl (C=O) groups is 3. The second-order valence-electron chi connectivity index (χ2n) is 7.99. The summed E-state index contributed by atoms with van der Waals surface area (Å²) in [6.45, 7) is 5.52. The summed E-state index contributed by atoms with van der Waals surface area (Å²) in [6, 6.07) is 3.88. The lowest BCUT2D eigenvalue weighted by Crippen LogP contribution is -2.50. The third kappa shape index (κ3) is 5.62. The molecule has 1 fully saturated rings. The SMILES string of the molecule is CCOC(=O)C1=C(CN2CCCC(C(=O)OCC)C2)N(C)C(=O)NC1c1cccc(Cl)c1Cl. The highest BCUT2D eigenvalue weighted by atomic mass is 35.5. The lowest BCUT2D eigenvalue weighted by Gasteiger charge is -2.38. The van der Waals surface area contributed by atoms with Crippen LogP contribution in [-0.4, -0.2) is 67.7 Å². The van der Waals surface area contributed by atoms with Crippen molar-refractivity contribution in [1.29, 1.82) is 0 Å². The first-order valence-electron chi connectivity index (χ1n) is 11.1. The molecule has 1 saturated heterocycles. The van der Waals surface area contributed by atoms with Crippen molar-refractivity contribution in [2.24, 2.45) is 5.92 Å². The van der Waals surface area contributed by atoms with Crippen molar-refractivity contribution in [3.63, 3.8) is 0 Å². The van der Waals surface area contributed by atoms with Gasteiger partial charge in [0, 0.05) is 25.8 Å². The lowest BCUT2D eigenvalue weighted by molar-refractivity contribution is -0.150. The zero-order valence-electron chi connectivity index (χ0n) is 19.0. The highest BCUT2D eigenvalue weighted by Gasteiger charge is 2.39. The zero-order valence-corrected chi connectivity index (χ0v) is 20.5. The first-order valence-corrected chi connectivity index (χ1v) is 11.8. The predicted molar refractivity (Wildman–Crippen MR) is 125 cm³/mol. The number of halogens is 2. The van der Waals surface area contributed by atoms with Crippen LogP contribution in [0.5, 0.6) is 0 Å². The largest absolute Gasteiger partial charge is 0.466 e. The summed E-state index contributed by atoms with van der Waals surface area (Å²) in [5.41, 5.74) is 1.30. The van der Waals surface area contributed by atoms with E-state index < -0.39 is 12.0 Å². The number of likely N-dealkylation sites (N-methyl/N-ethyl adjacent to an activating group) is 1. The molecule has 0 radical (unpaired) electrons. The van der Waals surface area contributed by atoms with Gasteiger partial charge in [-0.05, 0) is 44.9 Å². The van der Waals surface area contributed by atoms with Crippen molar-refractivity contribution >= 4 is 41.2 Å². The average molecular weight is 498 g/mol. The minimum Gasteiger partial charge on any atom is -0.466 e. The lowest BCUT2D eigenvalue weighted by atomic mass is 9.93. The molecule has 0 aliphatic carbocycles. The number of piperidine rings is 1. The van der Waals surface area contributed by atoms with E-state index in [0.29, 0.717) is 41.6 Å². The second kappa shape index (κ2) is 11.2. The van der Waals surface area contributed by atoms with Gasteiger partial charge in [0.25, 0.3) is 0 Å². The number of nitrogens with zero attached hydrogens (tertiary/aromatic N) is 2. The minimum absolute atomic E-state index is 0.178. The number of hydrogen-bond donors (Lipinski definition) is 1. The number of rotatable bonds is 7. The van der Waals surface area contributed by atoms with Crippen molar-refractivity contribution in [2.45, 2.75) is 32.7 Å². The van der Waals surface area contributed by atoms with Crippen LogP contribution in [0, 0.1) is 5.92 Å². The molecule has 1 N–H and O–H groups in total. The van der Waals surface area contributed by atoms with Gasteiger partial charge in [-0.2, -0.15) is 0 Å². The number of benzene rings is 1. The van der Waals surface area contributed by atoms with E-state index in [2.05, 4.69) is 10.2 Å². The molecule has 0 spiro atoms. The van der Waals surface area contributed by atoms with Crippen LogP contribution in [0.15, 0.2) is 29.5 Å². The Bertz CT molecular complexity index is 952. The Balaban J connectivity index is 2.01. The Hall–Kier alpha value is -2.29. The molecule has 1 aromatic rings. The van der Waals surface area contributed by atoms with Gasteiger partial charge < -0.3 is 14.8 Å². The molecule has 8 nitrogen and oxygen atoms in total. The molecule has 0 saturated carbocycles. The Morgan fingerprint density at radius 2 is 1.91 bits per heavy atom. The molecule has 2 heterocycles. The Morgan fingerprint density at radius 1 is 1.18 bits per heavy atom. The topological polar surface area (TPSA) is 88.2 Å². The molecule has 10 heteroatoms. The quantitative estimate of drug-likeness (QED) is 0.576. The van der Waals surface area contributed by atoms with Crippen molar-refractivity contribution in [3.8, 4) is 0 Å².